The molecule has 116 valence electrons. The number of aromatic amines is 1. The molecule has 0 radical (unpaired) electrons. The van der Waals surface area contributed by atoms with E-state index in [2.05, 4.69) is 10.3 Å². The van der Waals surface area contributed by atoms with E-state index in [1.54, 1.807) is 27.7 Å². The van der Waals surface area contributed by atoms with Crippen molar-refractivity contribution in [3.63, 3.8) is 0 Å². The zero-order valence-corrected chi connectivity index (χ0v) is 12.5. The highest BCUT2D eigenvalue weighted by molar-refractivity contribution is 6.08. The van der Waals surface area contributed by atoms with Crippen LogP contribution in [0.15, 0.2) is 10.9 Å². The van der Waals surface area contributed by atoms with Gasteiger partial charge in [0.25, 0.3) is 5.56 Å². The van der Waals surface area contributed by atoms with Gasteiger partial charge in [-0.3, -0.25) is 14.4 Å². The first kappa shape index (κ1) is 16.9. The smallest absolute Gasteiger partial charge is 0.314 e. The summed E-state index contributed by atoms with van der Waals surface area (Å²) < 4.78 is 18.4. The Labute approximate surface area is 121 Å². The summed E-state index contributed by atoms with van der Waals surface area (Å²) in [6.45, 7) is 7.22. The lowest BCUT2D eigenvalue weighted by Crippen LogP contribution is -2.26. The highest BCUT2D eigenvalue weighted by Gasteiger charge is 2.22. The zero-order chi connectivity index (χ0) is 16.2. The van der Waals surface area contributed by atoms with Crippen molar-refractivity contribution in [2.24, 2.45) is 0 Å². The lowest BCUT2D eigenvalue weighted by atomic mass is 10.1. The summed E-state index contributed by atoms with van der Waals surface area (Å²) in [6, 6.07) is 0.823. The van der Waals surface area contributed by atoms with Gasteiger partial charge in [0.2, 0.25) is 0 Å². The van der Waals surface area contributed by atoms with Crippen LogP contribution in [-0.2, 0) is 9.53 Å². The fraction of sp³-hybridized carbons (Fsp3) is 0.500. The van der Waals surface area contributed by atoms with Gasteiger partial charge in [0.1, 0.15) is 17.8 Å². The van der Waals surface area contributed by atoms with E-state index in [4.69, 9.17) is 4.74 Å². The van der Waals surface area contributed by atoms with E-state index in [0.29, 0.717) is 6.54 Å². The fourth-order valence-corrected chi connectivity index (χ4v) is 1.65. The van der Waals surface area contributed by atoms with Gasteiger partial charge in [0.05, 0.1) is 5.56 Å². The monoisotopic (exact) mass is 298 g/mol. The molecular weight excluding hydrogens is 279 g/mol. The van der Waals surface area contributed by atoms with Crippen molar-refractivity contribution in [1.82, 2.24) is 4.98 Å². The molecule has 0 aliphatic carbocycles. The van der Waals surface area contributed by atoms with Crippen LogP contribution in [0, 0.1) is 5.82 Å². The molecule has 1 aromatic rings. The summed E-state index contributed by atoms with van der Waals surface area (Å²) >= 11 is 0. The van der Waals surface area contributed by atoms with Crippen LogP contribution in [0.3, 0.4) is 0 Å². The van der Waals surface area contributed by atoms with Crippen molar-refractivity contribution in [2.75, 3.05) is 11.9 Å². The lowest BCUT2D eigenvalue weighted by molar-refractivity contribution is -0.153. The maximum atomic E-state index is 13.3. The van der Waals surface area contributed by atoms with Crippen LogP contribution in [0.2, 0.25) is 0 Å². The van der Waals surface area contributed by atoms with Crippen LogP contribution in [0.4, 0.5) is 10.2 Å². The summed E-state index contributed by atoms with van der Waals surface area (Å²) in [7, 11) is 0. The summed E-state index contributed by atoms with van der Waals surface area (Å²) in [5.41, 5.74) is -1.72. The zero-order valence-electron chi connectivity index (χ0n) is 12.5. The average Bonchev–Trinajstić information content (AvgIpc) is 2.31. The number of hydrogen-bond acceptors (Lipinski definition) is 5. The van der Waals surface area contributed by atoms with E-state index in [1.165, 1.54) is 0 Å². The number of ether oxygens (including phenoxy) is 1. The minimum Gasteiger partial charge on any atom is -0.460 e. The van der Waals surface area contributed by atoms with Gasteiger partial charge in [-0.25, -0.2) is 4.39 Å². The topological polar surface area (TPSA) is 88.3 Å². The number of H-pyrrole nitrogens is 1. The van der Waals surface area contributed by atoms with Gasteiger partial charge in [-0.2, -0.15) is 0 Å². The van der Waals surface area contributed by atoms with E-state index in [1.807, 2.05) is 0 Å². The molecule has 0 unspecified atom stereocenters. The van der Waals surface area contributed by atoms with Crippen LogP contribution < -0.4 is 10.9 Å². The Hall–Kier alpha value is -2.18. The number of anilines is 1. The average molecular weight is 298 g/mol. The number of Topliss-reactive ketones (excluding diaryl/α,β-unsaturated/α-hetero) is 1. The molecule has 0 aliphatic heterocycles. The van der Waals surface area contributed by atoms with Crippen molar-refractivity contribution < 1.29 is 18.7 Å². The Balaban J connectivity index is 2.99. The Bertz CT molecular complexity index is 602. The van der Waals surface area contributed by atoms with E-state index in [0.717, 1.165) is 6.07 Å². The van der Waals surface area contributed by atoms with Crippen molar-refractivity contribution >= 4 is 17.6 Å². The van der Waals surface area contributed by atoms with Gasteiger partial charge < -0.3 is 15.0 Å². The molecule has 2 N–H and O–H groups in total. The number of carbonyl (C=O) groups excluding carboxylic acids is 2. The number of pyridine rings is 1. The molecule has 0 atom stereocenters. The Morgan fingerprint density at radius 2 is 2.00 bits per heavy atom. The summed E-state index contributed by atoms with van der Waals surface area (Å²) in [6.07, 6.45) is -0.527. The van der Waals surface area contributed by atoms with Gasteiger partial charge in [-0.1, -0.05) is 0 Å². The van der Waals surface area contributed by atoms with Crippen molar-refractivity contribution in [3.05, 3.63) is 27.8 Å². The number of esters is 1. The Kier molecular flexibility index (Phi) is 5.23. The molecule has 0 aliphatic rings. The van der Waals surface area contributed by atoms with Gasteiger partial charge >= 0.3 is 5.97 Å². The third-order valence-corrected chi connectivity index (χ3v) is 2.37. The van der Waals surface area contributed by atoms with Crippen LogP contribution in [0.5, 0.6) is 0 Å². The molecule has 1 aromatic heterocycles. The SMILES string of the molecule is CCNc1[nH]c(=O)c(F)cc1C(=O)CC(=O)OC(C)(C)C. The fourth-order valence-electron chi connectivity index (χ4n) is 1.65. The van der Waals surface area contributed by atoms with Gasteiger partial charge in [0, 0.05) is 6.54 Å². The van der Waals surface area contributed by atoms with Crippen LogP contribution in [-0.4, -0.2) is 28.9 Å². The molecule has 1 heterocycles. The van der Waals surface area contributed by atoms with E-state index in [-0.39, 0.29) is 11.4 Å². The number of rotatable bonds is 5. The molecule has 0 aromatic carbocycles. The largest absolute Gasteiger partial charge is 0.460 e. The maximum Gasteiger partial charge on any atom is 0.314 e. The predicted molar refractivity (Wildman–Crippen MR) is 76.0 cm³/mol. The number of ketones is 1. The van der Waals surface area contributed by atoms with Crippen LogP contribution in [0.1, 0.15) is 44.5 Å². The van der Waals surface area contributed by atoms with Gasteiger partial charge in [0.15, 0.2) is 11.6 Å². The van der Waals surface area contributed by atoms with Crippen molar-refractivity contribution in [1.29, 1.82) is 0 Å². The molecule has 1 rings (SSSR count). The molecule has 0 bridgehead atoms. The molecule has 21 heavy (non-hydrogen) atoms. The first-order valence-electron chi connectivity index (χ1n) is 6.55. The second-order valence-corrected chi connectivity index (χ2v) is 5.45. The molecule has 7 heteroatoms. The van der Waals surface area contributed by atoms with E-state index >= 15 is 0 Å². The standard InChI is InChI=1S/C14H19FN2O4/c1-5-16-12-8(6-9(15)13(20)17-12)10(18)7-11(19)21-14(2,3)4/h6H,5,7H2,1-4H3,(H2,16,17,20). The molecule has 0 fully saturated rings. The number of hydrogen-bond donors (Lipinski definition) is 2. The normalized spacial score (nSPS) is 11.1. The third kappa shape index (κ3) is 5.02. The molecule has 0 saturated heterocycles. The third-order valence-electron chi connectivity index (χ3n) is 2.37. The summed E-state index contributed by atoms with van der Waals surface area (Å²) in [4.78, 5) is 37.2. The summed E-state index contributed by atoms with van der Waals surface area (Å²) in [5, 5.41) is 2.75. The second-order valence-electron chi connectivity index (χ2n) is 5.45. The first-order valence-corrected chi connectivity index (χ1v) is 6.55. The minimum atomic E-state index is -1.08. The van der Waals surface area contributed by atoms with Crippen LogP contribution >= 0.6 is 0 Å². The van der Waals surface area contributed by atoms with E-state index < -0.39 is 35.2 Å². The summed E-state index contributed by atoms with van der Waals surface area (Å²) in [5.74, 6) is -2.32. The number of carbonyl (C=O) groups is 2. The number of nitrogens with one attached hydrogen (secondary N) is 2. The number of aromatic nitrogens is 1. The second kappa shape index (κ2) is 6.51. The maximum absolute atomic E-state index is 13.3. The van der Waals surface area contributed by atoms with Gasteiger partial charge in [-0.15, -0.1) is 0 Å². The van der Waals surface area contributed by atoms with Crippen LogP contribution in [0.25, 0.3) is 0 Å². The number of halogens is 1. The van der Waals surface area contributed by atoms with Crippen molar-refractivity contribution in [3.8, 4) is 0 Å². The first-order chi connectivity index (χ1) is 9.64. The highest BCUT2D eigenvalue weighted by Crippen LogP contribution is 2.15. The Morgan fingerprint density at radius 1 is 1.38 bits per heavy atom. The predicted octanol–water partition coefficient (Wildman–Crippen LogP) is 1.86. The molecule has 0 amide bonds. The molecule has 0 spiro atoms. The van der Waals surface area contributed by atoms with Crippen molar-refractivity contribution in [2.45, 2.75) is 39.7 Å². The molecule has 0 saturated carbocycles. The quantitative estimate of drug-likeness (QED) is 0.492. The lowest BCUT2D eigenvalue weighted by Gasteiger charge is -2.19. The van der Waals surface area contributed by atoms with E-state index in [9.17, 15) is 18.8 Å². The molecular formula is C14H19FN2O4. The van der Waals surface area contributed by atoms with Gasteiger partial charge in [-0.05, 0) is 33.8 Å². The highest BCUT2D eigenvalue weighted by atomic mass is 19.1. The Morgan fingerprint density at radius 3 is 2.52 bits per heavy atom. The minimum absolute atomic E-state index is 0.0835. The molecule has 6 nitrogen and oxygen atoms in total.